The Morgan fingerprint density at radius 2 is 2.00 bits per heavy atom. The number of nitrogens with two attached hydrogens (primary N) is 1. The van der Waals surface area contributed by atoms with Gasteiger partial charge in [-0.2, -0.15) is 0 Å². The third kappa shape index (κ3) is 9.77. The van der Waals surface area contributed by atoms with Crippen LogP contribution in [0.3, 0.4) is 0 Å². The molecule has 0 spiro atoms. The highest BCUT2D eigenvalue weighted by Gasteiger charge is 2.28. The lowest BCUT2D eigenvalue weighted by molar-refractivity contribution is -0.146. The Labute approximate surface area is 170 Å². The fourth-order valence-electron chi connectivity index (χ4n) is 2.06. The molecule has 1 aromatic heterocycles. The van der Waals surface area contributed by atoms with Gasteiger partial charge in [-0.3, -0.25) is 14.3 Å². The summed E-state index contributed by atoms with van der Waals surface area (Å²) in [5.41, 5.74) is 5.18. The second kappa shape index (κ2) is 17.1. The Morgan fingerprint density at radius 3 is 2.50 bits per heavy atom. The summed E-state index contributed by atoms with van der Waals surface area (Å²) in [6.45, 7) is 4.20. The Hall–Kier alpha value is -2.03. The van der Waals surface area contributed by atoms with Crippen LogP contribution in [0, 0.1) is 17.0 Å². The van der Waals surface area contributed by atoms with Crippen molar-refractivity contribution in [2.24, 2.45) is 5.73 Å². The van der Waals surface area contributed by atoms with Crippen LogP contribution in [-0.4, -0.2) is 59.2 Å². The summed E-state index contributed by atoms with van der Waals surface area (Å²) in [5.74, 6) is 1.92. The van der Waals surface area contributed by atoms with E-state index in [-0.39, 0.29) is 29.6 Å². The van der Waals surface area contributed by atoms with Crippen LogP contribution in [0.1, 0.15) is 44.9 Å². The largest absolute Gasteiger partial charge is 0.462 e. The third-order valence-electron chi connectivity index (χ3n) is 3.12. The Morgan fingerprint density at radius 1 is 1.43 bits per heavy atom. The first-order valence-corrected chi connectivity index (χ1v) is 9.10. The summed E-state index contributed by atoms with van der Waals surface area (Å²) in [5, 5.41) is 14.0. The molecule has 2 atom stereocenters. The average molecular weight is 418 g/mol. The maximum absolute atomic E-state index is 11.9. The molecule has 0 aliphatic carbocycles. The smallest absolute Gasteiger partial charge is 0.328 e. The van der Waals surface area contributed by atoms with E-state index in [4.69, 9.17) is 44.1 Å². The minimum Gasteiger partial charge on any atom is -0.462 e. The highest BCUT2D eigenvalue weighted by molar-refractivity contribution is 7.71. The third-order valence-corrected chi connectivity index (χ3v) is 3.44. The van der Waals surface area contributed by atoms with Gasteiger partial charge in [-0.05, 0) is 12.8 Å². The first kappa shape index (κ1) is 28.2. The molecule has 2 rings (SSSR count). The number of hydrogen-bond donors (Lipinski definition) is 4. The van der Waals surface area contributed by atoms with Crippen molar-refractivity contribution in [2.75, 3.05) is 27.4 Å². The van der Waals surface area contributed by atoms with Gasteiger partial charge in [-0.15, -0.1) is 6.42 Å². The van der Waals surface area contributed by atoms with Gasteiger partial charge in [-0.25, -0.2) is 4.79 Å². The maximum atomic E-state index is 11.9. The van der Waals surface area contributed by atoms with Crippen molar-refractivity contribution < 1.29 is 24.5 Å². The predicted octanol–water partition coefficient (Wildman–Crippen LogP) is 0.700. The van der Waals surface area contributed by atoms with Crippen molar-refractivity contribution in [3.05, 3.63) is 26.9 Å². The first-order valence-electron chi connectivity index (χ1n) is 8.69. The number of nitrogens with zero attached hydrogens (tertiary/aromatic N) is 1. The van der Waals surface area contributed by atoms with Gasteiger partial charge < -0.3 is 25.4 Å². The summed E-state index contributed by atoms with van der Waals surface area (Å²) in [4.78, 5) is 25.4. The van der Waals surface area contributed by atoms with Crippen molar-refractivity contribution >= 4 is 18.2 Å². The summed E-state index contributed by atoms with van der Waals surface area (Å²) in [7, 11) is 2.00. The normalized spacial score (nSPS) is 16.8. The van der Waals surface area contributed by atoms with E-state index in [0.29, 0.717) is 18.4 Å². The maximum Gasteiger partial charge on any atom is 0.328 e. The van der Waals surface area contributed by atoms with Gasteiger partial charge >= 0.3 is 11.7 Å². The summed E-state index contributed by atoms with van der Waals surface area (Å²) in [6.07, 6.45) is 8.62. The lowest BCUT2D eigenvalue weighted by atomic mass is 10.2. The van der Waals surface area contributed by atoms with Crippen molar-refractivity contribution in [1.29, 1.82) is 0 Å². The van der Waals surface area contributed by atoms with E-state index < -0.39 is 12.2 Å². The summed E-state index contributed by atoms with van der Waals surface area (Å²) < 4.78 is 12.2. The molecule has 0 saturated carbocycles. The van der Waals surface area contributed by atoms with Crippen molar-refractivity contribution in [3.8, 4) is 12.3 Å². The SMILES string of the molecule is C#Cc1cn(C2CCC(COC(=O)CN)O2)c(=O)[nH]c1=S.CCC.CO.CO. The van der Waals surface area contributed by atoms with E-state index in [9.17, 15) is 9.59 Å². The van der Waals surface area contributed by atoms with Crippen LogP contribution in [0.5, 0.6) is 0 Å². The zero-order valence-electron chi connectivity index (χ0n) is 16.8. The van der Waals surface area contributed by atoms with Crippen LogP contribution in [0.4, 0.5) is 0 Å². The zero-order valence-corrected chi connectivity index (χ0v) is 17.6. The average Bonchev–Trinajstić information content (AvgIpc) is 3.18. The number of aliphatic hydroxyl groups excluding tert-OH is 2. The molecule has 5 N–H and O–H groups in total. The van der Waals surface area contributed by atoms with Crippen molar-refractivity contribution in [2.45, 2.75) is 45.4 Å². The Bertz CT molecular complexity index is 710. The van der Waals surface area contributed by atoms with Crippen LogP contribution in [-0.2, 0) is 14.3 Å². The number of ether oxygens (including phenoxy) is 2. The molecule has 28 heavy (non-hydrogen) atoms. The number of hydrogen-bond acceptors (Lipinski definition) is 8. The molecule has 1 saturated heterocycles. The zero-order chi connectivity index (χ0) is 22.1. The number of terminal acetylenes is 1. The minimum atomic E-state index is -0.488. The highest BCUT2D eigenvalue weighted by Crippen LogP contribution is 2.27. The molecule has 0 aromatic carbocycles. The van der Waals surface area contributed by atoms with Gasteiger partial charge in [0.2, 0.25) is 0 Å². The van der Waals surface area contributed by atoms with Gasteiger partial charge in [0.25, 0.3) is 0 Å². The molecule has 1 aliphatic heterocycles. The fourth-order valence-corrected chi connectivity index (χ4v) is 2.26. The van der Waals surface area contributed by atoms with Gasteiger partial charge in [0.05, 0.1) is 18.2 Å². The van der Waals surface area contributed by atoms with E-state index in [1.807, 2.05) is 0 Å². The first-order chi connectivity index (χ1) is 13.5. The minimum absolute atomic E-state index is 0.117. The second-order valence-electron chi connectivity index (χ2n) is 5.24. The van der Waals surface area contributed by atoms with Crippen LogP contribution < -0.4 is 11.4 Å². The molecule has 1 aliphatic rings. The van der Waals surface area contributed by atoms with Crippen LogP contribution in [0.25, 0.3) is 0 Å². The molecule has 2 heterocycles. The van der Waals surface area contributed by atoms with Gasteiger partial charge in [-0.1, -0.05) is 38.4 Å². The highest BCUT2D eigenvalue weighted by atomic mass is 32.1. The van der Waals surface area contributed by atoms with Gasteiger partial charge in [0.15, 0.2) is 0 Å². The number of aromatic nitrogens is 2. The monoisotopic (exact) mass is 417 g/mol. The van der Waals surface area contributed by atoms with E-state index >= 15 is 0 Å². The molecule has 0 radical (unpaired) electrons. The molecule has 2 unspecified atom stereocenters. The summed E-state index contributed by atoms with van der Waals surface area (Å²) in [6, 6.07) is 0. The van der Waals surface area contributed by atoms with Crippen molar-refractivity contribution in [1.82, 2.24) is 9.55 Å². The van der Waals surface area contributed by atoms with Gasteiger partial charge in [0, 0.05) is 20.4 Å². The van der Waals surface area contributed by atoms with E-state index in [1.165, 1.54) is 17.2 Å². The summed E-state index contributed by atoms with van der Waals surface area (Å²) >= 11 is 4.96. The molecular weight excluding hydrogens is 386 g/mol. The lowest BCUT2D eigenvalue weighted by Gasteiger charge is -2.16. The number of H-pyrrole nitrogens is 1. The number of aromatic amines is 1. The van der Waals surface area contributed by atoms with E-state index in [2.05, 4.69) is 24.8 Å². The molecule has 10 heteroatoms. The van der Waals surface area contributed by atoms with Crippen molar-refractivity contribution in [3.63, 3.8) is 0 Å². The van der Waals surface area contributed by atoms with E-state index in [1.54, 1.807) is 0 Å². The Kier molecular flexibility index (Phi) is 17.2. The number of aliphatic hydroxyl groups is 2. The molecule has 1 aromatic rings. The number of carbonyl (C=O) groups excluding carboxylic acids is 1. The lowest BCUT2D eigenvalue weighted by Crippen LogP contribution is -2.28. The number of carbonyl (C=O) groups is 1. The number of rotatable bonds is 4. The van der Waals surface area contributed by atoms with Gasteiger partial charge in [0.1, 0.15) is 17.5 Å². The van der Waals surface area contributed by atoms with Crippen LogP contribution >= 0.6 is 12.2 Å². The fraction of sp³-hybridized carbons (Fsp3) is 0.611. The van der Waals surface area contributed by atoms with Crippen LogP contribution in [0.15, 0.2) is 11.0 Å². The molecule has 0 amide bonds. The molecule has 1 fully saturated rings. The molecule has 9 nitrogen and oxygen atoms in total. The molecule has 160 valence electrons. The topological polar surface area (TPSA) is 140 Å². The molecular formula is C18H31N3O6S. The Balaban J connectivity index is 0. The predicted molar refractivity (Wildman–Crippen MR) is 109 cm³/mol. The number of nitrogens with one attached hydrogen (secondary N) is 1. The molecule has 0 bridgehead atoms. The van der Waals surface area contributed by atoms with E-state index in [0.717, 1.165) is 14.2 Å². The standard InChI is InChI=1S/C13H15N3O4S.C3H8.2CH4O/c1-2-8-6-16(13(18)15-12(8)21)10-4-3-9(20-10)7-19-11(17)5-14;1-3-2;2*1-2/h1,6,9-10H,3-5,7,14H2,(H,15,18,21);3H2,1-2H3;2*2H,1H3. The second-order valence-corrected chi connectivity index (χ2v) is 5.65. The quantitative estimate of drug-likeness (QED) is 0.319. The van der Waals surface area contributed by atoms with Crippen LogP contribution in [0.2, 0.25) is 0 Å². The number of esters is 1.